The van der Waals surface area contributed by atoms with E-state index >= 15 is 0 Å². The molecule has 1 aromatic carbocycles. The van der Waals surface area contributed by atoms with Crippen molar-refractivity contribution in [1.82, 2.24) is 14.9 Å². The van der Waals surface area contributed by atoms with Crippen molar-refractivity contribution in [2.24, 2.45) is 5.73 Å². The maximum atomic E-state index is 6.22. The molecule has 3 N–H and O–H groups in total. The highest BCUT2D eigenvalue weighted by Crippen LogP contribution is 2.39. The number of nitrogens with zero attached hydrogens (tertiary/aromatic N) is 2. The average molecular weight is 347 g/mol. The smallest absolute Gasteiger partial charge is 0.0945 e. The molecule has 1 heterocycles. The minimum Gasteiger partial charge on any atom is -0.337 e. The van der Waals surface area contributed by atoms with Crippen LogP contribution in [-0.2, 0) is 12.0 Å². The van der Waals surface area contributed by atoms with Crippen LogP contribution < -0.4 is 11.1 Å². The van der Waals surface area contributed by atoms with Gasteiger partial charge in [0.25, 0.3) is 0 Å². The van der Waals surface area contributed by atoms with Gasteiger partial charge >= 0.3 is 0 Å². The zero-order chi connectivity index (χ0) is 16.8. The van der Waals surface area contributed by atoms with Crippen molar-refractivity contribution in [2.45, 2.75) is 50.1 Å². The van der Waals surface area contributed by atoms with Gasteiger partial charge in [0.1, 0.15) is 0 Å². The number of aryl methyl sites for hydroxylation is 1. The summed E-state index contributed by atoms with van der Waals surface area (Å²) < 4.78 is 2.12. The van der Waals surface area contributed by atoms with E-state index in [2.05, 4.69) is 27.0 Å². The standard InChI is InChI=1S/C19H27ClN4/c20-17-5-1-4-16(12-17)19(14-21)7-2-6-18(13-19)23-8-3-10-24-11-9-22-15-24/h1,4-5,9,11-12,15,18,23H,2-3,6-8,10,13-14,21H2. The summed E-state index contributed by atoms with van der Waals surface area (Å²) in [4.78, 5) is 4.08. The molecule has 0 radical (unpaired) electrons. The Balaban J connectivity index is 1.56. The highest BCUT2D eigenvalue weighted by Gasteiger charge is 2.36. The van der Waals surface area contributed by atoms with Gasteiger partial charge in [-0.1, -0.05) is 30.2 Å². The van der Waals surface area contributed by atoms with Crippen LogP contribution in [0.4, 0.5) is 0 Å². The Morgan fingerprint density at radius 2 is 2.33 bits per heavy atom. The molecule has 1 aliphatic carbocycles. The Labute approximate surface area is 149 Å². The van der Waals surface area contributed by atoms with Crippen LogP contribution >= 0.6 is 11.6 Å². The third-order valence-electron chi connectivity index (χ3n) is 5.26. The van der Waals surface area contributed by atoms with Gasteiger partial charge in [0.05, 0.1) is 6.33 Å². The van der Waals surface area contributed by atoms with E-state index in [4.69, 9.17) is 17.3 Å². The van der Waals surface area contributed by atoms with Crippen molar-refractivity contribution in [2.75, 3.05) is 13.1 Å². The number of benzene rings is 1. The fourth-order valence-electron chi connectivity index (χ4n) is 3.91. The maximum Gasteiger partial charge on any atom is 0.0945 e. The molecule has 0 spiro atoms. The summed E-state index contributed by atoms with van der Waals surface area (Å²) in [7, 11) is 0. The van der Waals surface area contributed by atoms with E-state index in [9.17, 15) is 0 Å². The van der Waals surface area contributed by atoms with Gasteiger partial charge in [-0.2, -0.15) is 0 Å². The lowest BCUT2D eigenvalue weighted by atomic mass is 9.68. The number of aromatic nitrogens is 2. The minimum atomic E-state index is 0.0607. The molecule has 1 fully saturated rings. The zero-order valence-corrected chi connectivity index (χ0v) is 14.9. The van der Waals surface area contributed by atoms with Crippen molar-refractivity contribution < 1.29 is 0 Å². The summed E-state index contributed by atoms with van der Waals surface area (Å²) in [5, 5.41) is 4.54. The molecule has 130 valence electrons. The monoisotopic (exact) mass is 346 g/mol. The van der Waals surface area contributed by atoms with Gasteiger partial charge < -0.3 is 15.6 Å². The predicted molar refractivity (Wildman–Crippen MR) is 99.3 cm³/mol. The van der Waals surface area contributed by atoms with Gasteiger partial charge in [0, 0.05) is 42.0 Å². The van der Waals surface area contributed by atoms with Crippen LogP contribution in [-0.4, -0.2) is 28.7 Å². The van der Waals surface area contributed by atoms with E-state index in [0.29, 0.717) is 12.6 Å². The summed E-state index contributed by atoms with van der Waals surface area (Å²) in [6, 6.07) is 8.78. The van der Waals surface area contributed by atoms with Crippen LogP contribution in [0, 0.1) is 0 Å². The lowest BCUT2D eigenvalue weighted by Crippen LogP contribution is -2.46. The Bertz CT molecular complexity index is 628. The number of imidazole rings is 1. The number of nitrogens with one attached hydrogen (secondary N) is 1. The molecule has 2 aromatic rings. The van der Waals surface area contributed by atoms with E-state index in [1.165, 1.54) is 18.4 Å². The second kappa shape index (κ2) is 8.15. The fraction of sp³-hybridized carbons (Fsp3) is 0.526. The van der Waals surface area contributed by atoms with E-state index in [1.807, 2.05) is 30.9 Å². The van der Waals surface area contributed by atoms with Gasteiger partial charge in [-0.25, -0.2) is 4.98 Å². The summed E-state index contributed by atoms with van der Waals surface area (Å²) in [5.41, 5.74) is 7.58. The van der Waals surface area contributed by atoms with Crippen LogP contribution in [0.5, 0.6) is 0 Å². The summed E-state index contributed by atoms with van der Waals surface area (Å²) in [6.45, 7) is 2.72. The molecule has 1 aromatic heterocycles. The largest absolute Gasteiger partial charge is 0.337 e. The minimum absolute atomic E-state index is 0.0607. The third kappa shape index (κ3) is 4.18. The van der Waals surface area contributed by atoms with Crippen LogP contribution in [0.2, 0.25) is 5.02 Å². The molecule has 2 atom stereocenters. The Morgan fingerprint density at radius 1 is 1.42 bits per heavy atom. The fourth-order valence-corrected chi connectivity index (χ4v) is 4.10. The van der Waals surface area contributed by atoms with Crippen molar-refractivity contribution >= 4 is 11.6 Å². The molecule has 1 saturated carbocycles. The molecule has 0 aliphatic heterocycles. The van der Waals surface area contributed by atoms with E-state index < -0.39 is 0 Å². The molecule has 0 amide bonds. The summed E-state index contributed by atoms with van der Waals surface area (Å²) in [5.74, 6) is 0. The second-order valence-corrected chi connectivity index (χ2v) is 7.33. The lowest BCUT2D eigenvalue weighted by Gasteiger charge is -2.41. The van der Waals surface area contributed by atoms with Crippen LogP contribution in [0.25, 0.3) is 0 Å². The van der Waals surface area contributed by atoms with Gasteiger partial charge in [-0.3, -0.25) is 0 Å². The molecular formula is C19H27ClN4. The molecule has 4 nitrogen and oxygen atoms in total. The maximum absolute atomic E-state index is 6.22. The Morgan fingerprint density at radius 3 is 3.08 bits per heavy atom. The quantitative estimate of drug-likeness (QED) is 0.756. The van der Waals surface area contributed by atoms with E-state index in [-0.39, 0.29) is 5.41 Å². The van der Waals surface area contributed by atoms with Crippen LogP contribution in [0.3, 0.4) is 0 Å². The van der Waals surface area contributed by atoms with Gasteiger partial charge in [0.15, 0.2) is 0 Å². The molecule has 24 heavy (non-hydrogen) atoms. The topological polar surface area (TPSA) is 55.9 Å². The predicted octanol–water partition coefficient (Wildman–Crippen LogP) is 3.36. The van der Waals surface area contributed by atoms with Gasteiger partial charge in [0.2, 0.25) is 0 Å². The van der Waals surface area contributed by atoms with Gasteiger partial charge in [-0.15, -0.1) is 0 Å². The first-order chi connectivity index (χ1) is 11.7. The molecule has 1 aliphatic rings. The second-order valence-electron chi connectivity index (χ2n) is 6.90. The number of hydrogen-bond acceptors (Lipinski definition) is 3. The SMILES string of the molecule is NCC1(c2cccc(Cl)c2)CCCC(NCCCn2ccnc2)C1. The highest BCUT2D eigenvalue weighted by molar-refractivity contribution is 6.30. The molecule has 3 rings (SSSR count). The Kier molecular flexibility index (Phi) is 5.93. The molecule has 2 unspecified atom stereocenters. The average Bonchev–Trinajstić information content (AvgIpc) is 3.12. The highest BCUT2D eigenvalue weighted by atomic mass is 35.5. The first-order valence-electron chi connectivity index (χ1n) is 8.87. The van der Waals surface area contributed by atoms with Crippen LogP contribution in [0.1, 0.15) is 37.7 Å². The van der Waals surface area contributed by atoms with Crippen molar-refractivity contribution in [3.05, 3.63) is 53.6 Å². The lowest BCUT2D eigenvalue weighted by molar-refractivity contribution is 0.243. The number of nitrogens with two attached hydrogens (primary N) is 1. The van der Waals surface area contributed by atoms with Crippen molar-refractivity contribution in [3.8, 4) is 0 Å². The Hall–Kier alpha value is -1.36. The molecule has 0 bridgehead atoms. The number of halogens is 1. The van der Waals surface area contributed by atoms with Crippen molar-refractivity contribution in [1.29, 1.82) is 0 Å². The third-order valence-corrected chi connectivity index (χ3v) is 5.49. The first kappa shape index (κ1) is 17.5. The molecular weight excluding hydrogens is 320 g/mol. The molecule has 5 heteroatoms. The van der Waals surface area contributed by atoms with E-state index in [1.54, 1.807) is 0 Å². The number of rotatable bonds is 7. The summed E-state index contributed by atoms with van der Waals surface area (Å²) >= 11 is 6.21. The van der Waals surface area contributed by atoms with Gasteiger partial charge in [-0.05, 0) is 49.9 Å². The summed E-state index contributed by atoms with van der Waals surface area (Å²) in [6.07, 6.45) is 11.5. The number of hydrogen-bond donors (Lipinski definition) is 2. The van der Waals surface area contributed by atoms with Crippen LogP contribution in [0.15, 0.2) is 43.0 Å². The van der Waals surface area contributed by atoms with Crippen molar-refractivity contribution in [3.63, 3.8) is 0 Å². The first-order valence-corrected chi connectivity index (χ1v) is 9.25. The normalized spacial score (nSPS) is 24.2. The van der Waals surface area contributed by atoms with E-state index in [0.717, 1.165) is 37.4 Å². The zero-order valence-electron chi connectivity index (χ0n) is 14.1. The molecule has 0 saturated heterocycles.